The first kappa shape index (κ1) is 22.2. The molecule has 4 fully saturated rings. The molecular weight excluding hydrogens is 380 g/mol. The van der Waals surface area contributed by atoms with Gasteiger partial charge in [-0.1, -0.05) is 44.1 Å². The van der Waals surface area contributed by atoms with Crippen LogP contribution in [0.25, 0.3) is 0 Å². The van der Waals surface area contributed by atoms with Gasteiger partial charge < -0.3 is 10.2 Å². The fraction of sp³-hybridized carbons (Fsp3) is 0.862. The van der Waals surface area contributed by atoms with Crippen LogP contribution in [0.3, 0.4) is 0 Å². The first-order valence-corrected chi connectivity index (χ1v) is 13.3. The van der Waals surface area contributed by atoms with Crippen LogP contribution in [0.4, 0.5) is 0 Å². The molecular formula is C29H46O2. The summed E-state index contributed by atoms with van der Waals surface area (Å²) >= 11 is 0. The van der Waals surface area contributed by atoms with E-state index in [1.54, 1.807) is 5.57 Å². The summed E-state index contributed by atoms with van der Waals surface area (Å²) in [6.07, 6.45) is 16.5. The second kappa shape index (κ2) is 7.45. The summed E-state index contributed by atoms with van der Waals surface area (Å²) in [6.45, 7) is 11.9. The van der Waals surface area contributed by atoms with Crippen molar-refractivity contribution in [3.8, 4) is 0 Å². The molecule has 1 spiro atoms. The molecule has 2 N–H and O–H groups in total. The highest BCUT2D eigenvalue weighted by molar-refractivity contribution is 5.36. The number of aliphatic hydroxyl groups is 2. The molecule has 0 aromatic carbocycles. The Kier molecular flexibility index (Phi) is 5.34. The zero-order chi connectivity index (χ0) is 22.2. The van der Waals surface area contributed by atoms with E-state index in [-0.39, 0.29) is 28.5 Å². The lowest BCUT2D eigenvalue weighted by Crippen LogP contribution is -2.53. The first-order valence-electron chi connectivity index (χ1n) is 13.3. The highest BCUT2D eigenvalue weighted by Gasteiger charge is 2.66. The summed E-state index contributed by atoms with van der Waals surface area (Å²) < 4.78 is 0. The third kappa shape index (κ3) is 3.17. The van der Waals surface area contributed by atoms with E-state index in [1.165, 1.54) is 44.1 Å². The fourth-order valence-corrected chi connectivity index (χ4v) is 9.71. The quantitative estimate of drug-likeness (QED) is 0.493. The number of aliphatic hydroxyl groups excluding tert-OH is 2. The topological polar surface area (TPSA) is 40.5 Å². The standard InChI is InChI=1S/C29H46O2/c1-18(2)7-6-8-19(3)26-23(30)17-22-20-9-10-24-27(4,21(20)11-13-28(22,26)5)14-12-25(31)29(24)15-16-29/h7,10,19-23,25-26,30-31H,6,8-9,11-17H2,1-5H3/t19-,20-,21+,22+,23-,25+,26+,27-,28+/m1/s1. The maximum atomic E-state index is 11.3. The van der Waals surface area contributed by atoms with E-state index < -0.39 is 0 Å². The summed E-state index contributed by atoms with van der Waals surface area (Å²) in [5.74, 6) is 3.17. The lowest BCUT2D eigenvalue weighted by Gasteiger charge is -2.60. The Morgan fingerprint density at radius 1 is 1.10 bits per heavy atom. The summed E-state index contributed by atoms with van der Waals surface area (Å²) in [4.78, 5) is 0. The molecule has 2 nitrogen and oxygen atoms in total. The van der Waals surface area contributed by atoms with E-state index in [1.807, 2.05) is 0 Å². The predicted molar refractivity (Wildman–Crippen MR) is 127 cm³/mol. The lowest BCUT2D eigenvalue weighted by molar-refractivity contribution is -0.0721. The van der Waals surface area contributed by atoms with Crippen molar-refractivity contribution in [2.75, 3.05) is 0 Å². The molecule has 2 heteroatoms. The number of hydrogen-bond acceptors (Lipinski definition) is 2. The van der Waals surface area contributed by atoms with Crippen molar-refractivity contribution in [1.82, 2.24) is 0 Å². The van der Waals surface area contributed by atoms with Crippen molar-refractivity contribution in [2.24, 2.45) is 45.8 Å². The van der Waals surface area contributed by atoms with Crippen LogP contribution in [0.15, 0.2) is 23.3 Å². The van der Waals surface area contributed by atoms with E-state index in [0.29, 0.717) is 17.8 Å². The number of fused-ring (bicyclic) bond motifs is 6. The van der Waals surface area contributed by atoms with Gasteiger partial charge in [-0.2, -0.15) is 0 Å². The van der Waals surface area contributed by atoms with E-state index >= 15 is 0 Å². The van der Waals surface area contributed by atoms with Gasteiger partial charge in [0.15, 0.2) is 0 Å². The molecule has 0 saturated heterocycles. The molecule has 31 heavy (non-hydrogen) atoms. The van der Waals surface area contributed by atoms with E-state index in [2.05, 4.69) is 46.8 Å². The summed E-state index contributed by atoms with van der Waals surface area (Å²) in [7, 11) is 0. The van der Waals surface area contributed by atoms with E-state index in [4.69, 9.17) is 0 Å². The molecule has 5 aliphatic carbocycles. The van der Waals surface area contributed by atoms with Crippen molar-refractivity contribution >= 4 is 0 Å². The van der Waals surface area contributed by atoms with Crippen LogP contribution in [-0.4, -0.2) is 22.4 Å². The van der Waals surface area contributed by atoms with Crippen molar-refractivity contribution < 1.29 is 10.2 Å². The van der Waals surface area contributed by atoms with Gasteiger partial charge in [0.1, 0.15) is 0 Å². The van der Waals surface area contributed by atoms with Crippen LogP contribution < -0.4 is 0 Å². The second-order valence-electron chi connectivity index (χ2n) is 13.1. The van der Waals surface area contributed by atoms with Gasteiger partial charge in [-0.15, -0.1) is 0 Å². The zero-order valence-electron chi connectivity index (χ0n) is 20.7. The normalized spacial score (nSPS) is 48.3. The minimum absolute atomic E-state index is 0.100. The van der Waals surface area contributed by atoms with Gasteiger partial charge in [0.2, 0.25) is 0 Å². The summed E-state index contributed by atoms with van der Waals surface area (Å²) in [6, 6.07) is 0. The molecule has 0 aromatic rings. The van der Waals surface area contributed by atoms with Gasteiger partial charge in [-0.05, 0) is 118 Å². The monoisotopic (exact) mass is 426 g/mol. The van der Waals surface area contributed by atoms with Crippen LogP contribution in [0.2, 0.25) is 0 Å². The third-order valence-electron chi connectivity index (χ3n) is 11.3. The smallest absolute Gasteiger partial charge is 0.0634 e. The van der Waals surface area contributed by atoms with Gasteiger partial charge in [0, 0.05) is 5.41 Å². The Bertz CT molecular complexity index is 772. The Labute approximate surface area is 190 Å². The number of hydrogen-bond donors (Lipinski definition) is 2. The molecule has 0 amide bonds. The summed E-state index contributed by atoms with van der Waals surface area (Å²) in [5, 5.41) is 22.1. The molecule has 174 valence electrons. The Hall–Kier alpha value is -0.600. The maximum Gasteiger partial charge on any atom is 0.0634 e. The van der Waals surface area contributed by atoms with Crippen molar-refractivity contribution in [1.29, 1.82) is 0 Å². The zero-order valence-corrected chi connectivity index (χ0v) is 20.7. The molecule has 9 atom stereocenters. The SMILES string of the molecule is CC(C)=CCC[C@@H](C)[C@H]1[C@H](O)C[C@H]2[C@@H]3CC=C4C5(CC5)[C@@H](O)CC[C@]4(C)[C@H]3CC[C@]12C. The van der Waals surface area contributed by atoms with E-state index in [9.17, 15) is 10.2 Å². The van der Waals surface area contributed by atoms with Crippen molar-refractivity contribution in [2.45, 2.75) is 111 Å². The summed E-state index contributed by atoms with van der Waals surface area (Å²) in [5.41, 5.74) is 3.79. The van der Waals surface area contributed by atoms with Crippen LogP contribution in [-0.2, 0) is 0 Å². The Morgan fingerprint density at radius 3 is 2.52 bits per heavy atom. The fourth-order valence-electron chi connectivity index (χ4n) is 9.71. The largest absolute Gasteiger partial charge is 0.393 e. The predicted octanol–water partition coefficient (Wildman–Crippen LogP) is 6.67. The van der Waals surface area contributed by atoms with Crippen LogP contribution in [0.5, 0.6) is 0 Å². The van der Waals surface area contributed by atoms with Crippen molar-refractivity contribution in [3.05, 3.63) is 23.3 Å². The van der Waals surface area contributed by atoms with Crippen molar-refractivity contribution in [3.63, 3.8) is 0 Å². The van der Waals surface area contributed by atoms with Gasteiger partial charge in [-0.25, -0.2) is 0 Å². The van der Waals surface area contributed by atoms with Gasteiger partial charge in [-0.3, -0.25) is 0 Å². The van der Waals surface area contributed by atoms with Gasteiger partial charge >= 0.3 is 0 Å². The minimum atomic E-state index is -0.128. The highest BCUT2D eigenvalue weighted by Crippen LogP contribution is 2.72. The molecule has 0 unspecified atom stereocenters. The average molecular weight is 427 g/mol. The van der Waals surface area contributed by atoms with Gasteiger partial charge in [0.25, 0.3) is 0 Å². The lowest BCUT2D eigenvalue weighted by atomic mass is 9.45. The highest BCUT2D eigenvalue weighted by atomic mass is 16.3. The molecule has 0 aliphatic heterocycles. The minimum Gasteiger partial charge on any atom is -0.393 e. The Balaban J connectivity index is 1.40. The number of rotatable bonds is 4. The number of allylic oxidation sites excluding steroid dienone is 3. The van der Waals surface area contributed by atoms with Crippen LogP contribution in [0.1, 0.15) is 98.8 Å². The average Bonchev–Trinajstić information content (AvgIpc) is 3.43. The molecule has 5 aliphatic rings. The van der Waals surface area contributed by atoms with Crippen LogP contribution >= 0.6 is 0 Å². The first-order chi connectivity index (χ1) is 14.6. The van der Waals surface area contributed by atoms with Crippen LogP contribution in [0, 0.1) is 45.8 Å². The molecule has 0 aromatic heterocycles. The van der Waals surface area contributed by atoms with E-state index in [0.717, 1.165) is 37.5 Å². The molecule has 0 heterocycles. The molecule has 0 bridgehead atoms. The molecule has 0 radical (unpaired) electrons. The third-order valence-corrected chi connectivity index (χ3v) is 11.3. The molecule has 5 rings (SSSR count). The Morgan fingerprint density at radius 2 is 1.84 bits per heavy atom. The molecule has 4 saturated carbocycles. The second-order valence-corrected chi connectivity index (χ2v) is 13.1. The van der Waals surface area contributed by atoms with Gasteiger partial charge in [0.05, 0.1) is 12.2 Å². The maximum absolute atomic E-state index is 11.3.